The van der Waals surface area contributed by atoms with Crippen LogP contribution in [0.2, 0.25) is 0 Å². The van der Waals surface area contributed by atoms with E-state index in [9.17, 15) is 19.2 Å². The van der Waals surface area contributed by atoms with Crippen LogP contribution in [0.1, 0.15) is 55.8 Å². The number of rotatable bonds is 9. The molecule has 0 unspecified atom stereocenters. The first-order valence-electron chi connectivity index (χ1n) is 14.0. The fourth-order valence-corrected chi connectivity index (χ4v) is 5.10. The van der Waals surface area contributed by atoms with Gasteiger partial charge < -0.3 is 29.9 Å². The third-order valence-corrected chi connectivity index (χ3v) is 7.45. The van der Waals surface area contributed by atoms with E-state index in [1.807, 2.05) is 6.92 Å². The average molecular weight is 551 g/mol. The number of carbonyl (C=O) groups excluding carboxylic acids is 4. The summed E-state index contributed by atoms with van der Waals surface area (Å²) in [7, 11) is 1.59. The van der Waals surface area contributed by atoms with Crippen molar-refractivity contribution in [1.29, 1.82) is 0 Å². The zero-order valence-corrected chi connectivity index (χ0v) is 23.2. The maximum atomic E-state index is 13.4. The van der Waals surface area contributed by atoms with Crippen LogP contribution in [-0.2, 0) is 14.3 Å². The number of carbonyl (C=O) groups is 4. The van der Waals surface area contributed by atoms with Gasteiger partial charge in [-0.05, 0) is 68.5 Å². The summed E-state index contributed by atoms with van der Waals surface area (Å²) in [6, 6.07) is 12.9. The number of benzene rings is 2. The second-order valence-corrected chi connectivity index (χ2v) is 10.1. The van der Waals surface area contributed by atoms with Crippen LogP contribution in [0.25, 0.3) is 0 Å². The lowest BCUT2D eigenvalue weighted by Gasteiger charge is -2.35. The molecule has 214 valence electrons. The molecule has 4 rings (SSSR count). The Kier molecular flexibility index (Phi) is 9.99. The molecule has 2 aliphatic rings. The maximum Gasteiger partial charge on any atom is 0.340 e. The Bertz CT molecular complexity index is 1190. The lowest BCUT2D eigenvalue weighted by molar-refractivity contribution is -0.138. The SMILES string of the molecule is CCCCOC(=O)c1ccccc1NC(=O)N1CCC[C@H]1C(=O)N1CCC(C(=O)Nc2ccc(OC)cc2)CC1. The van der Waals surface area contributed by atoms with Crippen molar-refractivity contribution < 1.29 is 28.7 Å². The predicted molar refractivity (Wildman–Crippen MR) is 151 cm³/mol. The van der Waals surface area contributed by atoms with Crippen LogP contribution >= 0.6 is 0 Å². The number of urea groups is 1. The van der Waals surface area contributed by atoms with Crippen molar-refractivity contribution in [2.24, 2.45) is 5.92 Å². The van der Waals surface area contributed by atoms with Gasteiger partial charge in [0.05, 0.1) is 25.0 Å². The van der Waals surface area contributed by atoms with Gasteiger partial charge in [-0.15, -0.1) is 0 Å². The predicted octanol–water partition coefficient (Wildman–Crippen LogP) is 4.53. The van der Waals surface area contributed by atoms with Crippen LogP contribution in [0, 0.1) is 5.92 Å². The third-order valence-electron chi connectivity index (χ3n) is 7.45. The Hall–Kier alpha value is -4.08. The molecule has 0 bridgehead atoms. The van der Waals surface area contributed by atoms with E-state index in [2.05, 4.69) is 10.6 Å². The van der Waals surface area contributed by atoms with E-state index in [0.29, 0.717) is 69.0 Å². The summed E-state index contributed by atoms with van der Waals surface area (Å²) in [5.41, 5.74) is 1.34. The van der Waals surface area contributed by atoms with Crippen LogP contribution in [0.15, 0.2) is 48.5 Å². The van der Waals surface area contributed by atoms with E-state index in [1.165, 1.54) is 0 Å². The summed E-state index contributed by atoms with van der Waals surface area (Å²) < 4.78 is 10.5. The van der Waals surface area contributed by atoms with Gasteiger partial charge in [0.2, 0.25) is 11.8 Å². The second-order valence-electron chi connectivity index (χ2n) is 10.1. The molecule has 0 aromatic heterocycles. The number of unbranched alkanes of at least 4 members (excludes halogenated alkanes) is 1. The molecular weight excluding hydrogens is 512 g/mol. The Morgan fingerprint density at radius 3 is 2.35 bits per heavy atom. The average Bonchev–Trinajstić information content (AvgIpc) is 3.48. The van der Waals surface area contributed by atoms with Gasteiger partial charge in [0, 0.05) is 31.2 Å². The molecule has 2 aromatic rings. The van der Waals surface area contributed by atoms with Crippen molar-refractivity contribution in [1.82, 2.24) is 9.80 Å². The smallest absolute Gasteiger partial charge is 0.340 e. The first-order chi connectivity index (χ1) is 19.4. The van der Waals surface area contributed by atoms with Gasteiger partial charge in [-0.1, -0.05) is 25.5 Å². The minimum atomic E-state index is -0.576. The number of nitrogens with one attached hydrogen (secondary N) is 2. The van der Waals surface area contributed by atoms with Crippen molar-refractivity contribution in [3.05, 3.63) is 54.1 Å². The first kappa shape index (κ1) is 28.9. The van der Waals surface area contributed by atoms with E-state index in [1.54, 1.807) is 65.4 Å². The highest BCUT2D eigenvalue weighted by Gasteiger charge is 2.38. The van der Waals surface area contributed by atoms with E-state index < -0.39 is 18.0 Å². The number of methoxy groups -OCH3 is 1. The molecule has 4 amide bonds. The van der Waals surface area contributed by atoms with Gasteiger partial charge in [-0.25, -0.2) is 9.59 Å². The maximum absolute atomic E-state index is 13.4. The van der Waals surface area contributed by atoms with Crippen LogP contribution in [0.3, 0.4) is 0 Å². The standard InChI is InChI=1S/C30H38N4O6/c1-3-4-20-40-29(37)24-8-5-6-9-25(24)32-30(38)34-17-7-10-26(34)28(36)33-18-15-21(16-19-33)27(35)31-22-11-13-23(39-2)14-12-22/h5-6,8-9,11-14,21,26H,3-4,7,10,15-20H2,1-2H3,(H,31,35)(H,32,38)/t26-/m0/s1. The second kappa shape index (κ2) is 13.8. The summed E-state index contributed by atoms with van der Waals surface area (Å²) >= 11 is 0. The van der Waals surface area contributed by atoms with Crippen molar-refractivity contribution in [3.8, 4) is 5.75 Å². The molecule has 2 N–H and O–H groups in total. The Morgan fingerprint density at radius 2 is 1.65 bits per heavy atom. The molecular formula is C30H38N4O6. The molecule has 10 nitrogen and oxygen atoms in total. The number of para-hydroxylation sites is 1. The Balaban J connectivity index is 1.31. The first-order valence-corrected chi connectivity index (χ1v) is 14.0. The van der Waals surface area contributed by atoms with Crippen molar-refractivity contribution in [3.63, 3.8) is 0 Å². The molecule has 10 heteroatoms. The highest BCUT2D eigenvalue weighted by Crippen LogP contribution is 2.26. The molecule has 2 saturated heterocycles. The molecule has 0 aliphatic carbocycles. The Labute approximate surface area is 235 Å². The number of hydrogen-bond donors (Lipinski definition) is 2. The molecule has 1 atom stereocenters. The van der Waals surface area contributed by atoms with Gasteiger partial charge >= 0.3 is 12.0 Å². The summed E-state index contributed by atoms with van der Waals surface area (Å²) in [6.07, 6.45) is 4.07. The van der Waals surface area contributed by atoms with Gasteiger partial charge in [-0.3, -0.25) is 9.59 Å². The van der Waals surface area contributed by atoms with Gasteiger partial charge in [0.15, 0.2) is 0 Å². The van der Waals surface area contributed by atoms with E-state index in [4.69, 9.17) is 9.47 Å². The number of nitrogens with zero attached hydrogens (tertiary/aromatic N) is 2. The molecule has 0 radical (unpaired) electrons. The molecule has 0 saturated carbocycles. The lowest BCUT2D eigenvalue weighted by atomic mass is 9.95. The fourth-order valence-electron chi connectivity index (χ4n) is 5.10. The van der Waals surface area contributed by atoms with Gasteiger partial charge in [0.25, 0.3) is 0 Å². The summed E-state index contributed by atoms with van der Waals surface area (Å²) in [5, 5.41) is 5.76. The quantitative estimate of drug-likeness (QED) is 0.350. The zero-order valence-electron chi connectivity index (χ0n) is 23.2. The number of esters is 1. The van der Waals surface area contributed by atoms with Crippen molar-refractivity contribution >= 4 is 35.2 Å². The van der Waals surface area contributed by atoms with Gasteiger partial charge in [0.1, 0.15) is 11.8 Å². The fraction of sp³-hybridized carbons (Fsp3) is 0.467. The topological polar surface area (TPSA) is 117 Å². The zero-order chi connectivity index (χ0) is 28.5. The van der Waals surface area contributed by atoms with E-state index >= 15 is 0 Å². The van der Waals surface area contributed by atoms with Crippen LogP contribution < -0.4 is 15.4 Å². The van der Waals surface area contributed by atoms with Crippen LogP contribution in [0.4, 0.5) is 16.2 Å². The van der Waals surface area contributed by atoms with Gasteiger partial charge in [-0.2, -0.15) is 0 Å². The largest absolute Gasteiger partial charge is 0.497 e. The number of likely N-dealkylation sites (tertiary alicyclic amines) is 2. The minimum absolute atomic E-state index is 0.0639. The summed E-state index contributed by atoms with van der Waals surface area (Å²) in [4.78, 5) is 55.3. The number of piperidine rings is 1. The number of hydrogen-bond acceptors (Lipinski definition) is 6. The van der Waals surface area contributed by atoms with E-state index in [-0.39, 0.29) is 23.3 Å². The van der Waals surface area contributed by atoms with Crippen molar-refractivity contribution in [2.75, 3.05) is 44.0 Å². The molecule has 40 heavy (non-hydrogen) atoms. The van der Waals surface area contributed by atoms with Crippen LogP contribution in [0.5, 0.6) is 5.75 Å². The number of ether oxygens (including phenoxy) is 2. The highest BCUT2D eigenvalue weighted by molar-refractivity contribution is 6.02. The van der Waals surface area contributed by atoms with Crippen LogP contribution in [-0.4, -0.2) is 73.0 Å². The molecule has 2 fully saturated rings. The molecule has 2 aromatic carbocycles. The normalized spacial score (nSPS) is 17.3. The summed E-state index contributed by atoms with van der Waals surface area (Å²) in [6.45, 7) is 3.70. The number of anilines is 2. The molecule has 0 spiro atoms. The number of amides is 4. The molecule has 2 heterocycles. The minimum Gasteiger partial charge on any atom is -0.497 e. The van der Waals surface area contributed by atoms with Crippen molar-refractivity contribution in [2.45, 2.75) is 51.5 Å². The Morgan fingerprint density at radius 1 is 0.925 bits per heavy atom. The summed E-state index contributed by atoms with van der Waals surface area (Å²) in [5.74, 6) is -0.131. The monoisotopic (exact) mass is 550 g/mol. The lowest BCUT2D eigenvalue weighted by Crippen LogP contribution is -2.51. The van der Waals surface area contributed by atoms with E-state index in [0.717, 1.165) is 12.8 Å². The molecule has 2 aliphatic heterocycles. The highest BCUT2D eigenvalue weighted by atomic mass is 16.5. The third kappa shape index (κ3) is 7.11.